The number of hydrogen-bond donors (Lipinski definition) is 1. The summed E-state index contributed by atoms with van der Waals surface area (Å²) in [6.07, 6.45) is 1.36. The molecule has 28 heavy (non-hydrogen) atoms. The zero-order valence-corrected chi connectivity index (χ0v) is 17.0. The summed E-state index contributed by atoms with van der Waals surface area (Å²) in [7, 11) is -3.24. The van der Waals surface area contributed by atoms with Crippen LogP contribution in [0.2, 0.25) is 0 Å². The molecule has 1 fully saturated rings. The number of sulfonamides is 1. The van der Waals surface area contributed by atoms with Gasteiger partial charge in [0.2, 0.25) is 10.0 Å². The fourth-order valence-electron chi connectivity index (χ4n) is 4.12. The van der Waals surface area contributed by atoms with Gasteiger partial charge in [0.15, 0.2) is 0 Å². The molecule has 1 N–H and O–H groups in total. The van der Waals surface area contributed by atoms with Crippen LogP contribution in [-0.4, -0.2) is 63.9 Å². The third kappa shape index (κ3) is 4.01. The van der Waals surface area contributed by atoms with Crippen molar-refractivity contribution in [3.8, 4) is 0 Å². The molecule has 0 spiro atoms. The van der Waals surface area contributed by atoms with E-state index in [0.717, 1.165) is 43.0 Å². The van der Waals surface area contributed by atoms with E-state index in [4.69, 9.17) is 0 Å². The minimum absolute atomic E-state index is 0.481. The lowest BCUT2D eigenvalue weighted by Crippen LogP contribution is -2.47. The monoisotopic (exact) mass is 401 g/mol. The smallest absolute Gasteiger partial charge is 0.232 e. The van der Waals surface area contributed by atoms with Crippen molar-refractivity contribution in [3.05, 3.63) is 59.7 Å². The Balaban J connectivity index is 1.37. The summed E-state index contributed by atoms with van der Waals surface area (Å²) in [5.41, 5.74) is 3.85. The number of aliphatic hydroxyl groups excluding tert-OH is 1. The molecule has 0 aromatic heterocycles. The fourth-order valence-corrected chi connectivity index (χ4v) is 5.08. The number of piperazine rings is 1. The van der Waals surface area contributed by atoms with Crippen LogP contribution in [0.3, 0.4) is 0 Å². The topological polar surface area (TPSA) is 64.1 Å². The highest BCUT2D eigenvalue weighted by Crippen LogP contribution is 2.32. The summed E-state index contributed by atoms with van der Waals surface area (Å²) >= 11 is 0. The van der Waals surface area contributed by atoms with Gasteiger partial charge in [0.25, 0.3) is 0 Å². The van der Waals surface area contributed by atoms with Gasteiger partial charge in [-0.3, -0.25) is 9.21 Å². The molecular weight excluding hydrogens is 374 g/mol. The molecule has 1 unspecified atom stereocenters. The molecule has 1 atom stereocenters. The first-order valence-corrected chi connectivity index (χ1v) is 11.6. The van der Waals surface area contributed by atoms with Gasteiger partial charge in [0.1, 0.15) is 0 Å². The number of β-amino-alcohol motifs (C(OH)–C–C–N with tert-alkyl or cyclic N) is 1. The van der Waals surface area contributed by atoms with E-state index < -0.39 is 16.1 Å². The maximum atomic E-state index is 11.9. The largest absolute Gasteiger partial charge is 0.387 e. The van der Waals surface area contributed by atoms with Gasteiger partial charge in [-0.25, -0.2) is 8.42 Å². The van der Waals surface area contributed by atoms with Gasteiger partial charge < -0.3 is 10.0 Å². The van der Waals surface area contributed by atoms with E-state index in [2.05, 4.69) is 34.1 Å². The summed E-state index contributed by atoms with van der Waals surface area (Å²) in [5, 5.41) is 10.7. The average molecular weight is 402 g/mol. The van der Waals surface area contributed by atoms with Gasteiger partial charge in [-0.1, -0.05) is 30.3 Å². The van der Waals surface area contributed by atoms with E-state index >= 15 is 0 Å². The maximum Gasteiger partial charge on any atom is 0.232 e. The molecule has 150 valence electrons. The number of anilines is 2. The Morgan fingerprint density at radius 1 is 1.00 bits per heavy atom. The second-order valence-electron chi connectivity index (χ2n) is 7.61. The van der Waals surface area contributed by atoms with Gasteiger partial charge in [-0.2, -0.15) is 0 Å². The predicted octanol–water partition coefficient (Wildman–Crippen LogP) is 1.86. The lowest BCUT2D eigenvalue weighted by molar-refractivity contribution is 0.109. The van der Waals surface area contributed by atoms with Crippen LogP contribution < -0.4 is 9.21 Å². The van der Waals surface area contributed by atoms with Crippen molar-refractivity contribution in [3.63, 3.8) is 0 Å². The molecule has 0 amide bonds. The number of fused-ring (bicyclic) bond motifs is 1. The predicted molar refractivity (Wildman–Crippen MR) is 112 cm³/mol. The van der Waals surface area contributed by atoms with Crippen LogP contribution >= 0.6 is 0 Å². The van der Waals surface area contributed by atoms with E-state index in [1.54, 1.807) is 0 Å². The first-order valence-electron chi connectivity index (χ1n) is 9.73. The van der Waals surface area contributed by atoms with Crippen LogP contribution in [0.25, 0.3) is 0 Å². The zero-order valence-electron chi connectivity index (χ0n) is 16.2. The average Bonchev–Trinajstić information content (AvgIpc) is 3.13. The van der Waals surface area contributed by atoms with Crippen molar-refractivity contribution in [2.75, 3.05) is 54.7 Å². The molecular formula is C21H27N3O3S. The van der Waals surface area contributed by atoms with Gasteiger partial charge in [-0.05, 0) is 35.7 Å². The standard InChI is InChI=1S/C21H27N3O3S/c1-28(26,27)24-10-9-17-15-18(7-8-20(17)24)21(25)16-22-11-13-23(14-12-22)19-5-3-2-4-6-19/h2-8,15,21,25H,9-14,16H2,1H3. The third-order valence-corrected chi connectivity index (χ3v) is 6.85. The minimum atomic E-state index is -3.24. The first kappa shape index (κ1) is 19.2. The molecule has 0 aliphatic carbocycles. The van der Waals surface area contributed by atoms with Gasteiger partial charge in [0.05, 0.1) is 18.0 Å². The highest BCUT2D eigenvalue weighted by Gasteiger charge is 2.27. The molecule has 0 bridgehead atoms. The van der Waals surface area contributed by atoms with Crippen LogP contribution in [0.5, 0.6) is 0 Å². The van der Waals surface area contributed by atoms with Crippen LogP contribution in [0, 0.1) is 0 Å². The second-order valence-corrected chi connectivity index (χ2v) is 9.52. The van der Waals surface area contributed by atoms with E-state index in [0.29, 0.717) is 19.5 Å². The third-order valence-electron chi connectivity index (χ3n) is 5.67. The van der Waals surface area contributed by atoms with E-state index in [1.807, 2.05) is 24.3 Å². The molecule has 0 radical (unpaired) electrons. The van der Waals surface area contributed by atoms with Crippen molar-refractivity contribution in [2.24, 2.45) is 0 Å². The van der Waals surface area contributed by atoms with Crippen molar-refractivity contribution < 1.29 is 13.5 Å². The Labute approximate surface area is 167 Å². The number of hydrogen-bond acceptors (Lipinski definition) is 5. The Kier molecular flexibility index (Phi) is 5.31. The van der Waals surface area contributed by atoms with Crippen molar-refractivity contribution in [1.82, 2.24) is 4.90 Å². The van der Waals surface area contributed by atoms with Crippen molar-refractivity contribution >= 4 is 21.4 Å². The van der Waals surface area contributed by atoms with Crippen LogP contribution in [0.1, 0.15) is 17.2 Å². The first-order chi connectivity index (χ1) is 13.4. The number of benzene rings is 2. The fraction of sp³-hybridized carbons (Fsp3) is 0.429. The summed E-state index contributed by atoms with van der Waals surface area (Å²) in [5.74, 6) is 0. The van der Waals surface area contributed by atoms with Gasteiger partial charge in [-0.15, -0.1) is 0 Å². The van der Waals surface area contributed by atoms with E-state index in [-0.39, 0.29) is 0 Å². The highest BCUT2D eigenvalue weighted by molar-refractivity contribution is 7.92. The number of aliphatic hydroxyl groups is 1. The molecule has 7 heteroatoms. The lowest BCUT2D eigenvalue weighted by Gasteiger charge is -2.37. The number of nitrogens with zero attached hydrogens (tertiary/aromatic N) is 3. The molecule has 2 aromatic carbocycles. The molecule has 0 saturated carbocycles. The highest BCUT2D eigenvalue weighted by atomic mass is 32.2. The zero-order chi connectivity index (χ0) is 19.7. The van der Waals surface area contributed by atoms with Gasteiger partial charge >= 0.3 is 0 Å². The normalized spacial score (nSPS) is 18.9. The number of para-hydroxylation sites is 1. The molecule has 1 saturated heterocycles. The van der Waals surface area contributed by atoms with Crippen LogP contribution in [0.15, 0.2) is 48.5 Å². The number of rotatable bonds is 5. The van der Waals surface area contributed by atoms with Crippen LogP contribution in [-0.2, 0) is 16.4 Å². The Hall–Kier alpha value is -2.09. The lowest BCUT2D eigenvalue weighted by atomic mass is 10.0. The SMILES string of the molecule is CS(=O)(=O)N1CCc2cc(C(O)CN3CCN(c4ccccc4)CC3)ccc21. The Morgan fingerprint density at radius 2 is 1.71 bits per heavy atom. The van der Waals surface area contributed by atoms with E-state index in [1.165, 1.54) is 16.2 Å². The Morgan fingerprint density at radius 3 is 2.39 bits per heavy atom. The summed E-state index contributed by atoms with van der Waals surface area (Å²) in [4.78, 5) is 4.66. The second kappa shape index (κ2) is 7.73. The molecule has 2 heterocycles. The quantitative estimate of drug-likeness (QED) is 0.829. The minimum Gasteiger partial charge on any atom is -0.387 e. The summed E-state index contributed by atoms with van der Waals surface area (Å²) in [6.45, 7) is 4.80. The summed E-state index contributed by atoms with van der Waals surface area (Å²) in [6, 6.07) is 16.1. The Bertz CT molecular complexity index is 925. The molecule has 2 aliphatic rings. The van der Waals surface area contributed by atoms with Gasteiger partial charge in [0, 0.05) is 45.0 Å². The molecule has 6 nitrogen and oxygen atoms in total. The summed E-state index contributed by atoms with van der Waals surface area (Å²) < 4.78 is 25.2. The molecule has 2 aromatic rings. The molecule has 4 rings (SSSR count). The van der Waals surface area contributed by atoms with Crippen molar-refractivity contribution in [1.29, 1.82) is 0 Å². The van der Waals surface area contributed by atoms with Crippen LogP contribution in [0.4, 0.5) is 11.4 Å². The van der Waals surface area contributed by atoms with E-state index in [9.17, 15) is 13.5 Å². The van der Waals surface area contributed by atoms with Crippen molar-refractivity contribution in [2.45, 2.75) is 12.5 Å². The molecule has 2 aliphatic heterocycles. The maximum absolute atomic E-state index is 11.9.